The van der Waals surface area contributed by atoms with E-state index in [0.717, 1.165) is 29.8 Å². The highest BCUT2D eigenvalue weighted by molar-refractivity contribution is 6.32. The first kappa shape index (κ1) is 21.5. The van der Waals surface area contributed by atoms with Crippen molar-refractivity contribution in [1.82, 2.24) is 5.32 Å². The zero-order chi connectivity index (χ0) is 20.9. The Bertz CT molecular complexity index is 924. The summed E-state index contributed by atoms with van der Waals surface area (Å²) in [5.74, 6) is -0.839. The maximum atomic E-state index is 12.8. The molecule has 2 aromatic rings. The van der Waals surface area contributed by atoms with Gasteiger partial charge in [-0.25, -0.2) is 0 Å². The first-order valence-corrected chi connectivity index (χ1v) is 8.74. The number of carbonyl (C=O) groups excluding carboxylic acids is 2. The van der Waals surface area contributed by atoms with Gasteiger partial charge in [-0.1, -0.05) is 17.7 Å². The molecule has 2 N–H and O–H groups in total. The molecular weight excluding hydrogens is 393 g/mol. The summed E-state index contributed by atoms with van der Waals surface area (Å²) in [6.45, 7) is 4.01. The molecule has 2 aromatic carbocycles. The van der Waals surface area contributed by atoms with E-state index in [0.29, 0.717) is 17.8 Å². The summed E-state index contributed by atoms with van der Waals surface area (Å²) >= 11 is 5.91. The molecule has 0 aromatic heterocycles. The number of anilines is 1. The fourth-order valence-electron chi connectivity index (χ4n) is 2.35. The van der Waals surface area contributed by atoms with E-state index < -0.39 is 17.6 Å². The summed E-state index contributed by atoms with van der Waals surface area (Å²) in [6.07, 6.45) is -2.22. The summed E-state index contributed by atoms with van der Waals surface area (Å²) in [7, 11) is 0. The summed E-state index contributed by atoms with van der Waals surface area (Å²) in [5, 5.41) is 5.36. The van der Waals surface area contributed by atoms with Crippen molar-refractivity contribution in [3.63, 3.8) is 0 Å². The smallest absolute Gasteiger partial charge is 0.352 e. The van der Waals surface area contributed by atoms with Gasteiger partial charge in [0.25, 0.3) is 5.91 Å². The van der Waals surface area contributed by atoms with Gasteiger partial charge >= 0.3 is 6.18 Å². The molecule has 0 spiro atoms. The summed E-state index contributed by atoms with van der Waals surface area (Å²) < 4.78 is 38.4. The fourth-order valence-corrected chi connectivity index (χ4v) is 2.53. The van der Waals surface area contributed by atoms with Gasteiger partial charge in [0.05, 0.1) is 5.56 Å². The molecule has 0 heterocycles. The lowest BCUT2D eigenvalue weighted by atomic mass is 10.1. The zero-order valence-electron chi connectivity index (χ0n) is 15.2. The van der Waals surface area contributed by atoms with Crippen LogP contribution in [0.25, 0.3) is 6.08 Å². The van der Waals surface area contributed by atoms with E-state index in [-0.39, 0.29) is 16.5 Å². The van der Waals surface area contributed by atoms with Crippen molar-refractivity contribution in [1.29, 1.82) is 0 Å². The largest absolute Gasteiger partial charge is 0.416 e. The Morgan fingerprint density at radius 2 is 1.86 bits per heavy atom. The van der Waals surface area contributed by atoms with Crippen LogP contribution in [0.1, 0.15) is 34.0 Å². The quantitative estimate of drug-likeness (QED) is 0.676. The molecular formula is C20H18ClF3N2O2. The number of aryl methyl sites for hydroxylation is 1. The SMILES string of the molecule is CCNC(=O)c1ccc(C)c(NC(=O)/C=C/c2cc(C(F)(F)F)ccc2Cl)c1. The van der Waals surface area contributed by atoms with Crippen LogP contribution in [0.5, 0.6) is 0 Å². The minimum Gasteiger partial charge on any atom is -0.352 e. The second kappa shape index (κ2) is 8.93. The van der Waals surface area contributed by atoms with Crippen molar-refractivity contribution in [2.45, 2.75) is 20.0 Å². The topological polar surface area (TPSA) is 58.2 Å². The molecule has 0 aliphatic carbocycles. The number of nitrogens with one attached hydrogen (secondary N) is 2. The van der Waals surface area contributed by atoms with Crippen LogP contribution in [0.4, 0.5) is 18.9 Å². The Balaban J connectivity index is 2.19. The monoisotopic (exact) mass is 410 g/mol. The van der Waals surface area contributed by atoms with Gasteiger partial charge in [-0.3, -0.25) is 9.59 Å². The molecule has 148 valence electrons. The number of benzene rings is 2. The summed E-state index contributed by atoms with van der Waals surface area (Å²) in [4.78, 5) is 24.1. The van der Waals surface area contributed by atoms with Gasteiger partial charge < -0.3 is 10.6 Å². The predicted molar refractivity (Wildman–Crippen MR) is 103 cm³/mol. The normalized spacial score (nSPS) is 11.5. The standard InChI is InChI=1S/C20H18ClF3N2O2/c1-3-25-19(28)14-5-4-12(2)17(11-14)26-18(27)9-6-13-10-15(20(22,23)24)7-8-16(13)21/h4-11H,3H2,1-2H3,(H,25,28)(H,26,27)/b9-6+. The zero-order valence-corrected chi connectivity index (χ0v) is 15.9. The highest BCUT2D eigenvalue weighted by Crippen LogP contribution is 2.32. The number of amides is 2. The van der Waals surface area contributed by atoms with Gasteiger partial charge in [0.2, 0.25) is 5.91 Å². The lowest BCUT2D eigenvalue weighted by molar-refractivity contribution is -0.137. The third-order valence-electron chi connectivity index (χ3n) is 3.83. The molecule has 0 unspecified atom stereocenters. The lowest BCUT2D eigenvalue weighted by Crippen LogP contribution is -2.23. The van der Waals surface area contributed by atoms with Crippen molar-refractivity contribution in [3.8, 4) is 0 Å². The first-order valence-electron chi connectivity index (χ1n) is 8.36. The van der Waals surface area contributed by atoms with Crippen LogP contribution >= 0.6 is 11.6 Å². The van der Waals surface area contributed by atoms with Crippen LogP contribution in [0.15, 0.2) is 42.5 Å². The third kappa shape index (κ3) is 5.60. The molecule has 0 radical (unpaired) electrons. The molecule has 28 heavy (non-hydrogen) atoms. The molecule has 0 fully saturated rings. The lowest BCUT2D eigenvalue weighted by Gasteiger charge is -2.10. The van der Waals surface area contributed by atoms with E-state index in [2.05, 4.69) is 10.6 Å². The molecule has 8 heteroatoms. The number of alkyl halides is 3. The van der Waals surface area contributed by atoms with E-state index in [1.54, 1.807) is 26.0 Å². The molecule has 0 bridgehead atoms. The number of carbonyl (C=O) groups is 2. The molecule has 4 nitrogen and oxygen atoms in total. The molecule has 2 rings (SSSR count). The van der Waals surface area contributed by atoms with Crippen molar-refractivity contribution in [2.75, 3.05) is 11.9 Å². The Labute approximate surface area is 165 Å². The molecule has 0 saturated carbocycles. The van der Waals surface area contributed by atoms with Crippen LogP contribution in [0.3, 0.4) is 0 Å². The summed E-state index contributed by atoms with van der Waals surface area (Å²) in [6, 6.07) is 7.72. The maximum Gasteiger partial charge on any atom is 0.416 e. The van der Waals surface area contributed by atoms with E-state index in [1.165, 1.54) is 12.1 Å². The maximum absolute atomic E-state index is 12.8. The van der Waals surface area contributed by atoms with Crippen LogP contribution in [-0.4, -0.2) is 18.4 Å². The van der Waals surface area contributed by atoms with Crippen LogP contribution in [0.2, 0.25) is 5.02 Å². The number of hydrogen-bond acceptors (Lipinski definition) is 2. The molecule has 0 aliphatic rings. The predicted octanol–water partition coefficient (Wildman–Crippen LogP) is 5.07. The van der Waals surface area contributed by atoms with E-state index in [4.69, 9.17) is 11.6 Å². The van der Waals surface area contributed by atoms with Crippen LogP contribution in [0, 0.1) is 6.92 Å². The second-order valence-corrected chi connectivity index (χ2v) is 6.35. The van der Waals surface area contributed by atoms with E-state index in [9.17, 15) is 22.8 Å². The van der Waals surface area contributed by atoms with E-state index >= 15 is 0 Å². The van der Waals surface area contributed by atoms with Gasteiger partial charge in [0, 0.05) is 28.9 Å². The average molecular weight is 411 g/mol. The van der Waals surface area contributed by atoms with Crippen molar-refractivity contribution < 1.29 is 22.8 Å². The highest BCUT2D eigenvalue weighted by atomic mass is 35.5. The Morgan fingerprint density at radius 3 is 2.50 bits per heavy atom. The van der Waals surface area contributed by atoms with Gasteiger partial charge in [-0.15, -0.1) is 0 Å². The van der Waals surface area contributed by atoms with Gasteiger partial charge in [-0.05, 0) is 61.4 Å². The average Bonchev–Trinajstić information content (AvgIpc) is 2.62. The van der Waals surface area contributed by atoms with Gasteiger partial charge in [0.1, 0.15) is 0 Å². The van der Waals surface area contributed by atoms with Gasteiger partial charge in [-0.2, -0.15) is 13.2 Å². The highest BCUT2D eigenvalue weighted by Gasteiger charge is 2.30. The van der Waals surface area contributed by atoms with Gasteiger partial charge in [0.15, 0.2) is 0 Å². The van der Waals surface area contributed by atoms with E-state index in [1.807, 2.05) is 0 Å². The number of halogens is 4. The Kier molecular flexibility index (Phi) is 6.85. The minimum atomic E-state index is -4.51. The van der Waals surface area contributed by atoms with Crippen molar-refractivity contribution in [3.05, 3.63) is 69.8 Å². The fraction of sp³-hybridized carbons (Fsp3) is 0.200. The second-order valence-electron chi connectivity index (χ2n) is 5.95. The van der Waals surface area contributed by atoms with Crippen LogP contribution < -0.4 is 10.6 Å². The Morgan fingerprint density at radius 1 is 1.14 bits per heavy atom. The first-order chi connectivity index (χ1) is 13.1. The number of hydrogen-bond donors (Lipinski definition) is 2. The Hall–Kier alpha value is -2.80. The minimum absolute atomic E-state index is 0.0689. The molecule has 2 amide bonds. The van der Waals surface area contributed by atoms with Crippen molar-refractivity contribution in [2.24, 2.45) is 0 Å². The molecule has 0 atom stereocenters. The van der Waals surface area contributed by atoms with Crippen molar-refractivity contribution >= 4 is 35.2 Å². The summed E-state index contributed by atoms with van der Waals surface area (Å²) in [5.41, 5.74) is 0.745. The molecule has 0 saturated heterocycles. The van der Waals surface area contributed by atoms with Crippen LogP contribution in [-0.2, 0) is 11.0 Å². The molecule has 0 aliphatic heterocycles. The third-order valence-corrected chi connectivity index (χ3v) is 4.18. The number of rotatable bonds is 5.